The van der Waals surface area contributed by atoms with Crippen LogP contribution in [0.25, 0.3) is 0 Å². The third-order valence-corrected chi connectivity index (χ3v) is 2.92. The van der Waals surface area contributed by atoms with Gasteiger partial charge < -0.3 is 10.6 Å². The number of nitrogens with one attached hydrogen (secondary N) is 2. The molecule has 0 fully saturated rings. The van der Waals surface area contributed by atoms with Crippen molar-refractivity contribution in [1.82, 2.24) is 5.32 Å². The molecule has 0 aliphatic rings. The predicted molar refractivity (Wildman–Crippen MR) is 77.0 cm³/mol. The first-order chi connectivity index (χ1) is 8.67. The molecule has 1 atom stereocenters. The summed E-state index contributed by atoms with van der Waals surface area (Å²) in [5.41, 5.74) is 1.79. The Morgan fingerprint density at radius 3 is 2.44 bits per heavy atom. The lowest BCUT2D eigenvalue weighted by Crippen LogP contribution is -2.22. The first-order valence-electron chi connectivity index (χ1n) is 6.79. The van der Waals surface area contributed by atoms with Gasteiger partial charge in [-0.2, -0.15) is 0 Å². The number of carbonyl (C=O) groups is 1. The lowest BCUT2D eigenvalue weighted by Gasteiger charge is -2.12. The molecule has 2 N–H and O–H groups in total. The molecule has 0 spiro atoms. The van der Waals surface area contributed by atoms with Crippen LogP contribution in [0.5, 0.6) is 0 Å². The fraction of sp³-hybridized carbons (Fsp3) is 0.533. The molecule has 1 aromatic carbocycles. The molecule has 1 rings (SSSR count). The number of anilines is 1. The summed E-state index contributed by atoms with van der Waals surface area (Å²) in [6, 6.07) is 7.64. The standard InChI is InChI=1S/C15H24N2O/c1-4-6-12(3)11-17-14-9-7-13(8-10-14)15(18)16-5-2/h7-10,12,17H,4-6,11H2,1-3H3,(H,16,18). The maximum absolute atomic E-state index is 11.6. The molecule has 0 saturated carbocycles. The molecule has 1 amide bonds. The minimum atomic E-state index is -0.0107. The SMILES string of the molecule is CCCC(C)CNc1ccc(C(=O)NCC)cc1. The number of benzene rings is 1. The van der Waals surface area contributed by atoms with Crippen LogP contribution in [-0.4, -0.2) is 19.0 Å². The predicted octanol–water partition coefficient (Wildman–Crippen LogP) is 3.28. The van der Waals surface area contributed by atoms with E-state index in [1.807, 2.05) is 31.2 Å². The Bertz CT molecular complexity index is 359. The van der Waals surface area contributed by atoms with Crippen LogP contribution in [0, 0.1) is 5.92 Å². The van der Waals surface area contributed by atoms with Crippen LogP contribution in [0.3, 0.4) is 0 Å². The summed E-state index contributed by atoms with van der Waals surface area (Å²) >= 11 is 0. The van der Waals surface area contributed by atoms with Gasteiger partial charge in [-0.05, 0) is 43.5 Å². The van der Waals surface area contributed by atoms with Gasteiger partial charge in [0.2, 0.25) is 0 Å². The summed E-state index contributed by atoms with van der Waals surface area (Å²) in [5, 5.41) is 6.18. The minimum Gasteiger partial charge on any atom is -0.385 e. The van der Waals surface area contributed by atoms with Crippen molar-refractivity contribution in [2.75, 3.05) is 18.4 Å². The lowest BCUT2D eigenvalue weighted by molar-refractivity contribution is 0.0956. The van der Waals surface area contributed by atoms with Crippen LogP contribution in [0.15, 0.2) is 24.3 Å². The monoisotopic (exact) mass is 248 g/mol. The molecule has 0 bridgehead atoms. The van der Waals surface area contributed by atoms with Gasteiger partial charge in [0, 0.05) is 24.3 Å². The van der Waals surface area contributed by atoms with E-state index >= 15 is 0 Å². The number of rotatable bonds is 7. The Labute approximate surface area is 110 Å². The highest BCUT2D eigenvalue weighted by Gasteiger charge is 2.04. The van der Waals surface area contributed by atoms with Gasteiger partial charge in [0.05, 0.1) is 0 Å². The molecule has 18 heavy (non-hydrogen) atoms. The maximum atomic E-state index is 11.6. The van der Waals surface area contributed by atoms with Gasteiger partial charge >= 0.3 is 0 Å². The number of hydrogen-bond donors (Lipinski definition) is 2. The summed E-state index contributed by atoms with van der Waals surface area (Å²) in [7, 11) is 0. The zero-order chi connectivity index (χ0) is 13.4. The molecule has 1 aromatic rings. The van der Waals surface area contributed by atoms with Crippen molar-refractivity contribution < 1.29 is 4.79 Å². The van der Waals surface area contributed by atoms with Crippen molar-refractivity contribution in [1.29, 1.82) is 0 Å². The fourth-order valence-corrected chi connectivity index (χ4v) is 1.89. The summed E-state index contributed by atoms with van der Waals surface area (Å²) < 4.78 is 0. The van der Waals surface area contributed by atoms with Crippen LogP contribution < -0.4 is 10.6 Å². The van der Waals surface area contributed by atoms with E-state index in [2.05, 4.69) is 24.5 Å². The first kappa shape index (κ1) is 14.6. The second-order valence-corrected chi connectivity index (χ2v) is 4.71. The van der Waals surface area contributed by atoms with Gasteiger partial charge in [0.15, 0.2) is 0 Å². The summed E-state index contributed by atoms with van der Waals surface area (Å²) in [6.45, 7) is 8.02. The highest BCUT2D eigenvalue weighted by Crippen LogP contribution is 2.12. The van der Waals surface area contributed by atoms with Crippen molar-refractivity contribution >= 4 is 11.6 Å². The molecule has 0 aliphatic heterocycles. The van der Waals surface area contributed by atoms with Crippen LogP contribution in [0.4, 0.5) is 5.69 Å². The Balaban J connectivity index is 2.47. The van der Waals surface area contributed by atoms with Gasteiger partial charge in [0.25, 0.3) is 5.91 Å². The van der Waals surface area contributed by atoms with E-state index in [0.29, 0.717) is 18.0 Å². The smallest absolute Gasteiger partial charge is 0.251 e. The highest BCUT2D eigenvalue weighted by molar-refractivity contribution is 5.94. The van der Waals surface area contributed by atoms with Gasteiger partial charge in [-0.15, -0.1) is 0 Å². The van der Waals surface area contributed by atoms with Gasteiger partial charge in [-0.3, -0.25) is 4.79 Å². The Morgan fingerprint density at radius 2 is 1.89 bits per heavy atom. The third-order valence-electron chi connectivity index (χ3n) is 2.92. The van der Waals surface area contributed by atoms with Crippen LogP contribution in [0.1, 0.15) is 44.0 Å². The van der Waals surface area contributed by atoms with Crippen molar-refractivity contribution in [3.8, 4) is 0 Å². The first-order valence-corrected chi connectivity index (χ1v) is 6.79. The summed E-state index contributed by atoms with van der Waals surface area (Å²) in [6.07, 6.45) is 2.46. The molecule has 0 aromatic heterocycles. The summed E-state index contributed by atoms with van der Waals surface area (Å²) in [5.74, 6) is 0.668. The normalized spacial score (nSPS) is 11.9. The van der Waals surface area contributed by atoms with E-state index in [1.54, 1.807) is 0 Å². The molecule has 3 nitrogen and oxygen atoms in total. The number of carbonyl (C=O) groups excluding carboxylic acids is 1. The average Bonchev–Trinajstić information content (AvgIpc) is 2.37. The van der Waals surface area contributed by atoms with E-state index in [4.69, 9.17) is 0 Å². The summed E-state index contributed by atoms with van der Waals surface area (Å²) in [4.78, 5) is 11.6. The van der Waals surface area contributed by atoms with Crippen molar-refractivity contribution in [2.24, 2.45) is 5.92 Å². The number of amides is 1. The molecule has 3 heteroatoms. The van der Waals surface area contributed by atoms with Gasteiger partial charge in [-0.1, -0.05) is 20.3 Å². The van der Waals surface area contributed by atoms with Crippen molar-refractivity contribution in [2.45, 2.75) is 33.6 Å². The van der Waals surface area contributed by atoms with E-state index in [0.717, 1.165) is 12.2 Å². The number of hydrogen-bond acceptors (Lipinski definition) is 2. The van der Waals surface area contributed by atoms with Crippen molar-refractivity contribution in [3.05, 3.63) is 29.8 Å². The topological polar surface area (TPSA) is 41.1 Å². The molecular formula is C15H24N2O. The zero-order valence-electron chi connectivity index (χ0n) is 11.6. The Morgan fingerprint density at radius 1 is 1.22 bits per heavy atom. The Kier molecular flexibility index (Phi) is 6.26. The van der Waals surface area contributed by atoms with E-state index < -0.39 is 0 Å². The van der Waals surface area contributed by atoms with Crippen molar-refractivity contribution in [3.63, 3.8) is 0 Å². The minimum absolute atomic E-state index is 0.0107. The molecule has 0 saturated heterocycles. The largest absolute Gasteiger partial charge is 0.385 e. The molecule has 0 heterocycles. The maximum Gasteiger partial charge on any atom is 0.251 e. The average molecular weight is 248 g/mol. The lowest BCUT2D eigenvalue weighted by atomic mass is 10.1. The molecular weight excluding hydrogens is 224 g/mol. The third kappa shape index (κ3) is 4.78. The van der Waals surface area contributed by atoms with Crippen LogP contribution >= 0.6 is 0 Å². The quantitative estimate of drug-likeness (QED) is 0.777. The molecule has 0 radical (unpaired) electrons. The molecule has 0 aliphatic carbocycles. The van der Waals surface area contributed by atoms with E-state index in [9.17, 15) is 4.79 Å². The second kappa shape index (κ2) is 7.75. The van der Waals surface area contributed by atoms with Crippen LogP contribution in [-0.2, 0) is 0 Å². The molecule has 100 valence electrons. The van der Waals surface area contributed by atoms with Gasteiger partial charge in [-0.25, -0.2) is 0 Å². The second-order valence-electron chi connectivity index (χ2n) is 4.71. The fourth-order valence-electron chi connectivity index (χ4n) is 1.89. The molecule has 1 unspecified atom stereocenters. The Hall–Kier alpha value is -1.51. The van der Waals surface area contributed by atoms with Gasteiger partial charge in [0.1, 0.15) is 0 Å². The van der Waals surface area contributed by atoms with E-state index in [1.165, 1.54) is 12.8 Å². The van der Waals surface area contributed by atoms with E-state index in [-0.39, 0.29) is 5.91 Å². The zero-order valence-corrected chi connectivity index (χ0v) is 11.6. The highest BCUT2D eigenvalue weighted by atomic mass is 16.1. The van der Waals surface area contributed by atoms with Crippen LogP contribution in [0.2, 0.25) is 0 Å².